The van der Waals surface area contributed by atoms with Crippen LogP contribution in [0.25, 0.3) is 0 Å². The number of morpholine rings is 2. The summed E-state index contributed by atoms with van der Waals surface area (Å²) in [6.07, 6.45) is 2.84. The number of aromatic nitrogens is 3. The molecule has 0 amide bonds. The minimum atomic E-state index is 0.250. The molecule has 0 spiro atoms. The lowest BCUT2D eigenvalue weighted by molar-refractivity contribution is 0.0299. The first-order chi connectivity index (χ1) is 10.3. The zero-order valence-electron chi connectivity index (χ0n) is 11.7. The van der Waals surface area contributed by atoms with Gasteiger partial charge in [0.2, 0.25) is 17.2 Å². The molecule has 8 heteroatoms. The van der Waals surface area contributed by atoms with Crippen LogP contribution in [-0.4, -0.2) is 66.6 Å². The quantitative estimate of drug-likeness (QED) is 0.797. The van der Waals surface area contributed by atoms with E-state index in [1.807, 2.05) is 0 Å². The van der Waals surface area contributed by atoms with Crippen LogP contribution in [0.15, 0.2) is 0 Å². The second-order valence-electron chi connectivity index (χ2n) is 5.67. The summed E-state index contributed by atoms with van der Waals surface area (Å²) >= 11 is 6.10. The van der Waals surface area contributed by atoms with Crippen molar-refractivity contribution in [3.05, 3.63) is 5.28 Å². The van der Waals surface area contributed by atoms with Gasteiger partial charge in [-0.05, 0) is 24.4 Å². The number of rotatable bonds is 2. The van der Waals surface area contributed by atoms with Crippen LogP contribution < -0.4 is 9.80 Å². The van der Waals surface area contributed by atoms with Gasteiger partial charge in [0.1, 0.15) is 0 Å². The number of hydrogen-bond donors (Lipinski definition) is 0. The average Bonchev–Trinajstić information content (AvgIpc) is 2.86. The number of anilines is 2. The first-order valence-corrected chi connectivity index (χ1v) is 7.80. The van der Waals surface area contributed by atoms with E-state index in [9.17, 15) is 0 Å². The van der Waals surface area contributed by atoms with Crippen molar-refractivity contribution in [1.29, 1.82) is 0 Å². The van der Waals surface area contributed by atoms with Crippen molar-refractivity contribution in [3.8, 4) is 0 Å². The molecule has 0 aromatic carbocycles. The molecule has 0 N–H and O–H groups in total. The van der Waals surface area contributed by atoms with Crippen LogP contribution in [0.5, 0.6) is 0 Å². The van der Waals surface area contributed by atoms with Crippen molar-refractivity contribution in [2.75, 3.05) is 49.2 Å². The number of hydrogen-bond acceptors (Lipinski definition) is 7. The van der Waals surface area contributed by atoms with E-state index in [1.54, 1.807) is 0 Å². The van der Waals surface area contributed by atoms with Crippen LogP contribution in [-0.2, 0) is 9.47 Å². The number of nitrogens with zero attached hydrogens (tertiary/aromatic N) is 5. The third kappa shape index (κ3) is 2.77. The Balaban J connectivity index is 1.58. The summed E-state index contributed by atoms with van der Waals surface area (Å²) in [5.41, 5.74) is 0. The molecule has 4 rings (SSSR count). The maximum absolute atomic E-state index is 6.10. The highest BCUT2D eigenvalue weighted by atomic mass is 35.5. The monoisotopic (exact) mass is 311 g/mol. The fourth-order valence-electron chi connectivity index (χ4n) is 3.15. The van der Waals surface area contributed by atoms with Gasteiger partial charge < -0.3 is 19.3 Å². The molecule has 7 nitrogen and oxygen atoms in total. The van der Waals surface area contributed by atoms with E-state index in [0.717, 1.165) is 39.0 Å². The molecule has 3 aliphatic heterocycles. The van der Waals surface area contributed by atoms with Crippen LogP contribution in [0.4, 0.5) is 11.9 Å². The highest BCUT2D eigenvalue weighted by molar-refractivity contribution is 6.28. The van der Waals surface area contributed by atoms with E-state index < -0.39 is 0 Å². The number of halogens is 1. The van der Waals surface area contributed by atoms with Crippen LogP contribution >= 0.6 is 11.6 Å². The van der Waals surface area contributed by atoms with Crippen LogP contribution in [0.1, 0.15) is 12.8 Å². The molecule has 1 aromatic heterocycles. The second kappa shape index (κ2) is 5.55. The Kier molecular flexibility index (Phi) is 3.56. The van der Waals surface area contributed by atoms with Crippen LogP contribution in [0, 0.1) is 0 Å². The van der Waals surface area contributed by atoms with Gasteiger partial charge in [0.15, 0.2) is 0 Å². The van der Waals surface area contributed by atoms with Gasteiger partial charge in [-0.25, -0.2) is 0 Å². The summed E-state index contributed by atoms with van der Waals surface area (Å²) in [7, 11) is 0. The predicted molar refractivity (Wildman–Crippen MR) is 78.0 cm³/mol. The lowest BCUT2D eigenvalue weighted by Crippen LogP contribution is -2.44. The lowest BCUT2D eigenvalue weighted by Gasteiger charge is -2.33. The largest absolute Gasteiger partial charge is 0.378 e. The summed E-state index contributed by atoms with van der Waals surface area (Å²) < 4.78 is 11.2. The van der Waals surface area contributed by atoms with Crippen LogP contribution in [0.3, 0.4) is 0 Å². The van der Waals surface area contributed by atoms with E-state index in [2.05, 4.69) is 24.8 Å². The minimum absolute atomic E-state index is 0.250. The normalized spacial score (nSPS) is 29.0. The Morgan fingerprint density at radius 2 is 1.52 bits per heavy atom. The van der Waals surface area contributed by atoms with Crippen molar-refractivity contribution >= 4 is 23.5 Å². The van der Waals surface area contributed by atoms with Gasteiger partial charge in [0.05, 0.1) is 25.4 Å². The van der Waals surface area contributed by atoms with Crippen molar-refractivity contribution in [1.82, 2.24) is 15.0 Å². The summed E-state index contributed by atoms with van der Waals surface area (Å²) in [5.74, 6) is 1.31. The molecule has 21 heavy (non-hydrogen) atoms. The van der Waals surface area contributed by atoms with E-state index >= 15 is 0 Å². The third-order valence-electron chi connectivity index (χ3n) is 4.20. The van der Waals surface area contributed by atoms with Gasteiger partial charge in [-0.1, -0.05) is 0 Å². The highest BCUT2D eigenvalue weighted by Gasteiger charge is 2.35. The zero-order valence-corrected chi connectivity index (χ0v) is 12.5. The highest BCUT2D eigenvalue weighted by Crippen LogP contribution is 2.29. The Hall–Kier alpha value is -1.18. The predicted octanol–water partition coefficient (Wildman–Crippen LogP) is 0.729. The number of fused-ring (bicyclic) bond motifs is 2. The van der Waals surface area contributed by atoms with Crippen molar-refractivity contribution in [2.45, 2.75) is 25.0 Å². The van der Waals surface area contributed by atoms with Gasteiger partial charge in [-0.2, -0.15) is 15.0 Å². The van der Waals surface area contributed by atoms with Crippen molar-refractivity contribution in [3.63, 3.8) is 0 Å². The molecule has 1 aromatic rings. The summed E-state index contributed by atoms with van der Waals surface area (Å²) in [4.78, 5) is 17.4. The Bertz CT molecular complexity index is 513. The SMILES string of the molecule is Clc1nc(N2CCOCC2)nc(N2C[C@H]3CC[C@@H](C2)O3)n1. The van der Waals surface area contributed by atoms with E-state index in [-0.39, 0.29) is 5.28 Å². The molecule has 0 aliphatic carbocycles. The molecule has 0 saturated carbocycles. The molecule has 0 radical (unpaired) electrons. The summed E-state index contributed by atoms with van der Waals surface area (Å²) in [6.45, 7) is 4.63. The van der Waals surface area contributed by atoms with Gasteiger partial charge in [0.25, 0.3) is 0 Å². The van der Waals surface area contributed by atoms with E-state index in [4.69, 9.17) is 21.1 Å². The number of ether oxygens (including phenoxy) is 2. The standard InChI is InChI=1S/C13H18ClN5O2/c14-11-15-12(18-3-5-20-6-4-18)17-13(16-11)19-7-9-1-2-10(8-19)21-9/h9-10H,1-8H2/t9-,10+. The van der Waals surface area contributed by atoms with Crippen molar-refractivity contribution in [2.24, 2.45) is 0 Å². The third-order valence-corrected chi connectivity index (χ3v) is 4.37. The Morgan fingerprint density at radius 1 is 0.905 bits per heavy atom. The molecule has 2 atom stereocenters. The molecular weight excluding hydrogens is 294 g/mol. The van der Waals surface area contributed by atoms with Gasteiger partial charge in [-0.15, -0.1) is 0 Å². The molecule has 2 bridgehead atoms. The van der Waals surface area contributed by atoms with Gasteiger partial charge >= 0.3 is 0 Å². The molecule has 3 fully saturated rings. The lowest BCUT2D eigenvalue weighted by atomic mass is 10.2. The summed E-state index contributed by atoms with van der Waals surface area (Å²) in [5, 5.41) is 0.250. The maximum atomic E-state index is 6.10. The molecule has 0 unspecified atom stereocenters. The molecule has 4 heterocycles. The van der Waals surface area contributed by atoms with Gasteiger partial charge in [-0.3, -0.25) is 0 Å². The van der Waals surface area contributed by atoms with Gasteiger partial charge in [0, 0.05) is 26.2 Å². The summed E-state index contributed by atoms with van der Waals surface area (Å²) in [6, 6.07) is 0. The van der Waals surface area contributed by atoms with Crippen LogP contribution in [0.2, 0.25) is 5.28 Å². The topological polar surface area (TPSA) is 63.6 Å². The first-order valence-electron chi connectivity index (χ1n) is 7.42. The Morgan fingerprint density at radius 3 is 2.19 bits per heavy atom. The van der Waals surface area contributed by atoms with E-state index in [1.165, 1.54) is 0 Å². The van der Waals surface area contributed by atoms with Crippen molar-refractivity contribution < 1.29 is 9.47 Å². The first kappa shape index (κ1) is 13.5. The maximum Gasteiger partial charge on any atom is 0.231 e. The minimum Gasteiger partial charge on any atom is -0.378 e. The zero-order chi connectivity index (χ0) is 14.2. The molecule has 3 saturated heterocycles. The molecule has 114 valence electrons. The van der Waals surface area contributed by atoms with E-state index in [0.29, 0.717) is 37.3 Å². The fraction of sp³-hybridized carbons (Fsp3) is 0.769. The smallest absolute Gasteiger partial charge is 0.231 e. The second-order valence-corrected chi connectivity index (χ2v) is 6.00. The fourth-order valence-corrected chi connectivity index (χ4v) is 3.30. The molecule has 3 aliphatic rings. The average molecular weight is 312 g/mol. The molecular formula is C13H18ClN5O2. The Labute approximate surface area is 128 Å².